The van der Waals surface area contributed by atoms with Crippen LogP contribution in [0.15, 0.2) is 48.5 Å². The summed E-state index contributed by atoms with van der Waals surface area (Å²) in [6, 6.07) is 14.5. The van der Waals surface area contributed by atoms with Gasteiger partial charge in [0.1, 0.15) is 5.75 Å². The lowest BCUT2D eigenvalue weighted by atomic mass is 10.1. The molecule has 5 nitrogen and oxygen atoms in total. The minimum absolute atomic E-state index is 0.00868. The number of benzene rings is 2. The molecule has 2 aromatic rings. The SMILES string of the molecule is COc1ccc(N2C[C@H](NC(=O)c3ccc(C)cc3)CC2=O)cc1. The summed E-state index contributed by atoms with van der Waals surface area (Å²) in [6.07, 6.45) is 0.309. The molecule has 1 fully saturated rings. The molecule has 0 saturated carbocycles. The van der Waals surface area contributed by atoms with Crippen LogP contribution >= 0.6 is 0 Å². The van der Waals surface area contributed by atoms with Crippen molar-refractivity contribution in [2.75, 3.05) is 18.6 Å². The van der Waals surface area contributed by atoms with Crippen molar-refractivity contribution in [3.63, 3.8) is 0 Å². The van der Waals surface area contributed by atoms with Gasteiger partial charge in [-0.2, -0.15) is 0 Å². The molecule has 0 spiro atoms. The highest BCUT2D eigenvalue weighted by molar-refractivity contribution is 5.99. The number of carbonyl (C=O) groups is 2. The number of nitrogens with one attached hydrogen (secondary N) is 1. The van der Waals surface area contributed by atoms with Gasteiger partial charge in [0.2, 0.25) is 5.91 Å². The first-order valence-corrected chi connectivity index (χ1v) is 7.89. The van der Waals surface area contributed by atoms with E-state index in [2.05, 4.69) is 5.32 Å². The van der Waals surface area contributed by atoms with Crippen LogP contribution in [-0.2, 0) is 4.79 Å². The maximum Gasteiger partial charge on any atom is 0.251 e. The van der Waals surface area contributed by atoms with Crippen LogP contribution in [0.3, 0.4) is 0 Å². The van der Waals surface area contributed by atoms with Gasteiger partial charge in [0.25, 0.3) is 5.91 Å². The Hall–Kier alpha value is -2.82. The fraction of sp³-hybridized carbons (Fsp3) is 0.263. The maximum absolute atomic E-state index is 12.3. The van der Waals surface area contributed by atoms with Crippen LogP contribution in [0.1, 0.15) is 22.3 Å². The molecule has 1 saturated heterocycles. The van der Waals surface area contributed by atoms with Crippen molar-refractivity contribution in [3.8, 4) is 5.75 Å². The van der Waals surface area contributed by atoms with Crippen molar-refractivity contribution in [1.82, 2.24) is 5.32 Å². The Bertz CT molecular complexity index is 738. The molecule has 1 aliphatic heterocycles. The molecule has 1 heterocycles. The predicted molar refractivity (Wildman–Crippen MR) is 92.4 cm³/mol. The molecule has 2 aromatic carbocycles. The summed E-state index contributed by atoms with van der Waals surface area (Å²) in [5.41, 5.74) is 2.53. The van der Waals surface area contributed by atoms with Crippen molar-refractivity contribution >= 4 is 17.5 Å². The van der Waals surface area contributed by atoms with E-state index in [0.717, 1.165) is 17.0 Å². The summed E-state index contributed by atoms with van der Waals surface area (Å²) in [7, 11) is 1.60. The van der Waals surface area contributed by atoms with Gasteiger partial charge in [0.05, 0.1) is 13.2 Å². The second-order valence-electron chi connectivity index (χ2n) is 5.94. The van der Waals surface area contributed by atoms with E-state index >= 15 is 0 Å². The molecule has 0 aliphatic carbocycles. The number of nitrogens with zero attached hydrogens (tertiary/aromatic N) is 1. The van der Waals surface area contributed by atoms with Gasteiger partial charge in [-0.05, 0) is 43.3 Å². The minimum atomic E-state index is -0.187. The quantitative estimate of drug-likeness (QED) is 0.940. The zero-order valence-electron chi connectivity index (χ0n) is 13.8. The highest BCUT2D eigenvalue weighted by Crippen LogP contribution is 2.24. The van der Waals surface area contributed by atoms with Gasteiger partial charge >= 0.3 is 0 Å². The number of rotatable bonds is 4. The van der Waals surface area contributed by atoms with Crippen LogP contribution in [0.2, 0.25) is 0 Å². The van der Waals surface area contributed by atoms with Crippen molar-refractivity contribution in [1.29, 1.82) is 0 Å². The predicted octanol–water partition coefficient (Wildman–Crippen LogP) is 2.54. The monoisotopic (exact) mass is 324 g/mol. The number of amides is 2. The fourth-order valence-electron chi connectivity index (χ4n) is 2.79. The summed E-state index contributed by atoms with van der Waals surface area (Å²) < 4.78 is 5.13. The van der Waals surface area contributed by atoms with Crippen molar-refractivity contribution in [2.45, 2.75) is 19.4 Å². The highest BCUT2D eigenvalue weighted by Gasteiger charge is 2.31. The van der Waals surface area contributed by atoms with Crippen LogP contribution in [0.5, 0.6) is 5.75 Å². The van der Waals surface area contributed by atoms with E-state index in [1.54, 1.807) is 24.1 Å². The van der Waals surface area contributed by atoms with Gasteiger partial charge in [-0.1, -0.05) is 17.7 Å². The van der Waals surface area contributed by atoms with Crippen LogP contribution < -0.4 is 15.0 Å². The largest absolute Gasteiger partial charge is 0.497 e. The molecule has 1 aliphatic rings. The Morgan fingerprint density at radius 3 is 2.42 bits per heavy atom. The van der Waals surface area contributed by atoms with Gasteiger partial charge in [0.15, 0.2) is 0 Å². The first kappa shape index (κ1) is 16.1. The standard InChI is InChI=1S/C19H20N2O3/c1-13-3-5-14(6-4-13)19(23)20-15-11-18(22)21(12-15)16-7-9-17(24-2)10-8-16/h3-10,15H,11-12H2,1-2H3,(H,20,23)/t15-/m1/s1. The summed E-state index contributed by atoms with van der Waals surface area (Å²) in [5.74, 6) is 0.605. The molecule has 0 radical (unpaired) electrons. The summed E-state index contributed by atoms with van der Waals surface area (Å²) >= 11 is 0. The second kappa shape index (κ2) is 6.74. The number of hydrogen-bond donors (Lipinski definition) is 1. The summed E-state index contributed by atoms with van der Waals surface area (Å²) in [5, 5.41) is 2.94. The average Bonchev–Trinajstić information content (AvgIpc) is 2.95. The smallest absolute Gasteiger partial charge is 0.251 e. The van der Waals surface area contributed by atoms with E-state index in [4.69, 9.17) is 4.74 Å². The fourth-order valence-corrected chi connectivity index (χ4v) is 2.79. The molecule has 1 N–H and O–H groups in total. The molecular weight excluding hydrogens is 304 g/mol. The average molecular weight is 324 g/mol. The Morgan fingerprint density at radius 1 is 1.12 bits per heavy atom. The third-order valence-electron chi connectivity index (χ3n) is 4.16. The Balaban J connectivity index is 1.65. The number of carbonyl (C=O) groups excluding carboxylic acids is 2. The highest BCUT2D eigenvalue weighted by atomic mass is 16.5. The molecule has 5 heteroatoms. The molecule has 24 heavy (non-hydrogen) atoms. The molecule has 124 valence electrons. The number of ether oxygens (including phenoxy) is 1. The van der Waals surface area contributed by atoms with Crippen LogP contribution in [0.4, 0.5) is 5.69 Å². The van der Waals surface area contributed by atoms with Crippen LogP contribution in [-0.4, -0.2) is 31.5 Å². The van der Waals surface area contributed by atoms with E-state index in [1.807, 2.05) is 43.3 Å². The van der Waals surface area contributed by atoms with Crippen LogP contribution in [0, 0.1) is 6.92 Å². The summed E-state index contributed by atoms with van der Waals surface area (Å²) in [6.45, 7) is 2.45. The van der Waals surface area contributed by atoms with E-state index in [-0.39, 0.29) is 17.9 Å². The number of methoxy groups -OCH3 is 1. The van der Waals surface area contributed by atoms with Crippen molar-refractivity contribution in [3.05, 3.63) is 59.7 Å². The van der Waals surface area contributed by atoms with E-state index < -0.39 is 0 Å². The topological polar surface area (TPSA) is 58.6 Å². The summed E-state index contributed by atoms with van der Waals surface area (Å²) in [4.78, 5) is 26.2. The van der Waals surface area contributed by atoms with Gasteiger partial charge in [-0.25, -0.2) is 0 Å². The van der Waals surface area contributed by atoms with Gasteiger partial charge in [-0.15, -0.1) is 0 Å². The van der Waals surface area contributed by atoms with Crippen molar-refractivity contribution in [2.24, 2.45) is 0 Å². The van der Waals surface area contributed by atoms with Gasteiger partial charge < -0.3 is 15.0 Å². The molecule has 2 amide bonds. The van der Waals surface area contributed by atoms with Gasteiger partial charge in [-0.3, -0.25) is 9.59 Å². The normalized spacial score (nSPS) is 17.0. The number of hydrogen-bond acceptors (Lipinski definition) is 3. The molecule has 1 atom stereocenters. The lowest BCUT2D eigenvalue weighted by molar-refractivity contribution is -0.117. The Labute approximate surface area is 141 Å². The zero-order valence-corrected chi connectivity index (χ0v) is 13.8. The lowest BCUT2D eigenvalue weighted by Gasteiger charge is -2.17. The Morgan fingerprint density at radius 2 is 1.79 bits per heavy atom. The zero-order chi connectivity index (χ0) is 17.1. The molecule has 0 bridgehead atoms. The first-order valence-electron chi connectivity index (χ1n) is 7.89. The maximum atomic E-state index is 12.3. The van der Waals surface area contributed by atoms with Crippen LogP contribution in [0.25, 0.3) is 0 Å². The Kier molecular flexibility index (Phi) is 4.51. The van der Waals surface area contributed by atoms with E-state index in [0.29, 0.717) is 18.5 Å². The molecule has 3 rings (SSSR count). The van der Waals surface area contributed by atoms with Gasteiger partial charge in [0, 0.05) is 24.2 Å². The number of anilines is 1. The minimum Gasteiger partial charge on any atom is -0.497 e. The molecular formula is C19H20N2O3. The second-order valence-corrected chi connectivity index (χ2v) is 5.94. The first-order chi connectivity index (χ1) is 11.6. The van der Waals surface area contributed by atoms with Crippen molar-refractivity contribution < 1.29 is 14.3 Å². The third kappa shape index (κ3) is 3.40. The van der Waals surface area contributed by atoms with E-state index in [9.17, 15) is 9.59 Å². The third-order valence-corrected chi connectivity index (χ3v) is 4.16. The number of aryl methyl sites for hydroxylation is 1. The van der Waals surface area contributed by atoms with E-state index in [1.165, 1.54) is 0 Å². The lowest BCUT2D eigenvalue weighted by Crippen LogP contribution is -2.37. The molecule has 0 unspecified atom stereocenters. The molecule has 0 aromatic heterocycles.